The topological polar surface area (TPSA) is 34.0 Å². The molecule has 6 heteroatoms. The molecule has 0 radical (unpaired) electrons. The number of nitrogens with one attached hydrogen (secondary N) is 1. The molecule has 1 aromatic rings. The largest absolute Gasteiger partial charge is 0.401 e. The van der Waals surface area contributed by atoms with E-state index in [9.17, 15) is 18.0 Å². The van der Waals surface area contributed by atoms with Crippen molar-refractivity contribution < 1.29 is 13.2 Å². The van der Waals surface area contributed by atoms with Gasteiger partial charge in [0.15, 0.2) is 0 Å². The highest BCUT2D eigenvalue weighted by Crippen LogP contribution is 2.11. The number of hydrogen-bond acceptors (Lipinski definition) is 2. The van der Waals surface area contributed by atoms with E-state index in [1.807, 2.05) is 0 Å². The molecule has 0 saturated heterocycles. The van der Waals surface area contributed by atoms with Gasteiger partial charge in [-0.1, -0.05) is 0 Å². The van der Waals surface area contributed by atoms with Crippen molar-refractivity contribution in [3.8, 4) is 0 Å². The van der Waals surface area contributed by atoms with Crippen molar-refractivity contribution in [1.29, 1.82) is 0 Å². The summed E-state index contributed by atoms with van der Waals surface area (Å²) in [5, 5.41) is 2.23. The number of rotatable bonds is 4. The molecule has 1 N–H and O–H groups in total. The summed E-state index contributed by atoms with van der Waals surface area (Å²) in [4.78, 5) is 11.3. The van der Waals surface area contributed by atoms with E-state index in [0.29, 0.717) is 0 Å². The molecule has 0 aliphatic heterocycles. The summed E-state index contributed by atoms with van der Waals surface area (Å²) in [5.74, 6) is 0. The fraction of sp³-hybridized carbons (Fsp3) is 0.500. The van der Waals surface area contributed by atoms with Crippen LogP contribution in [0.3, 0.4) is 0 Å². The molecular formula is C10H13F3N2O. The Balaban J connectivity index is 2.41. The Kier molecular flexibility index (Phi) is 4.12. The summed E-state index contributed by atoms with van der Waals surface area (Å²) in [6.07, 6.45) is -2.63. The predicted octanol–water partition coefficient (Wildman–Crippen LogP) is 1.31. The fourth-order valence-corrected chi connectivity index (χ4v) is 1.22. The van der Waals surface area contributed by atoms with Gasteiger partial charge in [0.2, 0.25) is 0 Å². The summed E-state index contributed by atoms with van der Waals surface area (Å²) in [5.41, 5.74) is 0.637. The summed E-state index contributed by atoms with van der Waals surface area (Å²) < 4.78 is 36.7. The number of aryl methyl sites for hydroxylation is 1. The van der Waals surface area contributed by atoms with Gasteiger partial charge in [-0.05, 0) is 18.6 Å². The number of nitrogens with zero attached hydrogens (tertiary/aromatic N) is 1. The minimum atomic E-state index is -4.21. The van der Waals surface area contributed by atoms with Crippen LogP contribution in [-0.2, 0) is 6.54 Å². The molecule has 0 unspecified atom stereocenters. The average molecular weight is 234 g/mol. The van der Waals surface area contributed by atoms with Gasteiger partial charge in [-0.25, -0.2) is 0 Å². The van der Waals surface area contributed by atoms with E-state index in [-0.39, 0.29) is 18.6 Å². The SMILES string of the molecule is Cc1ccn(CCNCC(F)(F)F)c(=O)c1. The lowest BCUT2D eigenvalue weighted by Crippen LogP contribution is -2.33. The van der Waals surface area contributed by atoms with Crippen molar-refractivity contribution in [2.75, 3.05) is 13.1 Å². The van der Waals surface area contributed by atoms with Crippen LogP contribution in [0.5, 0.6) is 0 Å². The van der Waals surface area contributed by atoms with Gasteiger partial charge in [0.25, 0.3) is 5.56 Å². The van der Waals surface area contributed by atoms with Crippen molar-refractivity contribution >= 4 is 0 Å². The molecule has 0 aliphatic rings. The zero-order valence-corrected chi connectivity index (χ0v) is 8.84. The molecule has 0 aliphatic carbocycles. The number of pyridine rings is 1. The minimum absolute atomic E-state index is 0.114. The Labute approximate surface area is 90.9 Å². The number of hydrogen-bond donors (Lipinski definition) is 1. The molecule has 1 aromatic heterocycles. The maximum Gasteiger partial charge on any atom is 0.401 e. The highest BCUT2D eigenvalue weighted by atomic mass is 19.4. The molecule has 0 spiro atoms. The zero-order chi connectivity index (χ0) is 12.2. The van der Waals surface area contributed by atoms with Crippen molar-refractivity contribution in [1.82, 2.24) is 9.88 Å². The monoisotopic (exact) mass is 234 g/mol. The van der Waals surface area contributed by atoms with Gasteiger partial charge in [-0.3, -0.25) is 4.79 Å². The fourth-order valence-electron chi connectivity index (χ4n) is 1.22. The first-order valence-electron chi connectivity index (χ1n) is 4.83. The molecule has 0 aromatic carbocycles. The van der Waals surface area contributed by atoms with Gasteiger partial charge in [0, 0.05) is 25.4 Å². The molecule has 0 fully saturated rings. The molecular weight excluding hydrogens is 221 g/mol. The third-order valence-corrected chi connectivity index (χ3v) is 2.01. The Hall–Kier alpha value is -1.30. The van der Waals surface area contributed by atoms with Crippen LogP contribution in [0.2, 0.25) is 0 Å². The van der Waals surface area contributed by atoms with Crippen LogP contribution in [0, 0.1) is 6.92 Å². The second-order valence-electron chi connectivity index (χ2n) is 3.53. The quantitative estimate of drug-likeness (QED) is 0.797. The summed E-state index contributed by atoms with van der Waals surface area (Å²) in [6, 6.07) is 3.19. The zero-order valence-electron chi connectivity index (χ0n) is 8.84. The molecule has 1 rings (SSSR count). The lowest BCUT2D eigenvalue weighted by atomic mass is 10.3. The number of aromatic nitrogens is 1. The first kappa shape index (κ1) is 12.8. The number of halogens is 3. The smallest absolute Gasteiger partial charge is 0.314 e. The highest BCUT2D eigenvalue weighted by molar-refractivity contribution is 5.07. The number of alkyl halides is 3. The highest BCUT2D eigenvalue weighted by Gasteiger charge is 2.25. The van der Waals surface area contributed by atoms with Gasteiger partial charge in [-0.2, -0.15) is 13.2 Å². The van der Waals surface area contributed by atoms with E-state index in [4.69, 9.17) is 0 Å². The van der Waals surface area contributed by atoms with Crippen LogP contribution in [0.1, 0.15) is 5.56 Å². The third kappa shape index (κ3) is 4.48. The van der Waals surface area contributed by atoms with Crippen LogP contribution in [-0.4, -0.2) is 23.8 Å². The van der Waals surface area contributed by atoms with Crippen LogP contribution >= 0.6 is 0 Å². The van der Waals surface area contributed by atoms with Gasteiger partial charge in [0.1, 0.15) is 0 Å². The third-order valence-electron chi connectivity index (χ3n) is 2.01. The average Bonchev–Trinajstić information content (AvgIpc) is 2.13. The minimum Gasteiger partial charge on any atom is -0.314 e. The van der Waals surface area contributed by atoms with Crippen molar-refractivity contribution in [2.24, 2.45) is 0 Å². The van der Waals surface area contributed by atoms with Gasteiger partial charge < -0.3 is 9.88 Å². The second-order valence-corrected chi connectivity index (χ2v) is 3.53. The lowest BCUT2D eigenvalue weighted by Gasteiger charge is -2.09. The molecule has 0 bridgehead atoms. The molecule has 0 atom stereocenters. The van der Waals surface area contributed by atoms with E-state index >= 15 is 0 Å². The summed E-state index contributed by atoms with van der Waals surface area (Å²) in [6.45, 7) is 1.10. The van der Waals surface area contributed by atoms with Crippen LogP contribution in [0.15, 0.2) is 23.1 Å². The first-order chi connectivity index (χ1) is 7.38. The van der Waals surface area contributed by atoms with Crippen LogP contribution in [0.25, 0.3) is 0 Å². The molecule has 1 heterocycles. The van der Waals surface area contributed by atoms with E-state index in [0.717, 1.165) is 5.56 Å². The van der Waals surface area contributed by atoms with E-state index < -0.39 is 12.7 Å². The van der Waals surface area contributed by atoms with Crippen LogP contribution < -0.4 is 10.9 Å². The van der Waals surface area contributed by atoms with Gasteiger partial charge >= 0.3 is 6.18 Å². The standard InChI is InChI=1S/C10H13F3N2O/c1-8-2-4-15(9(16)6-8)5-3-14-7-10(11,12)13/h2,4,6,14H,3,5,7H2,1H3. The summed E-state index contributed by atoms with van der Waals surface area (Å²) in [7, 11) is 0. The molecule has 3 nitrogen and oxygen atoms in total. The van der Waals surface area contributed by atoms with E-state index in [1.165, 1.54) is 10.6 Å². The van der Waals surface area contributed by atoms with E-state index in [2.05, 4.69) is 5.32 Å². The maximum absolute atomic E-state index is 11.8. The Morgan fingerprint density at radius 1 is 1.44 bits per heavy atom. The van der Waals surface area contributed by atoms with Crippen molar-refractivity contribution in [3.63, 3.8) is 0 Å². The van der Waals surface area contributed by atoms with Crippen molar-refractivity contribution in [3.05, 3.63) is 34.2 Å². The summed E-state index contributed by atoms with van der Waals surface area (Å²) >= 11 is 0. The predicted molar refractivity (Wildman–Crippen MR) is 54.4 cm³/mol. The van der Waals surface area contributed by atoms with Crippen molar-refractivity contribution in [2.45, 2.75) is 19.6 Å². The first-order valence-corrected chi connectivity index (χ1v) is 4.83. The van der Waals surface area contributed by atoms with Crippen LogP contribution in [0.4, 0.5) is 13.2 Å². The molecule has 90 valence electrons. The molecule has 0 saturated carbocycles. The normalized spacial score (nSPS) is 11.8. The second kappa shape index (κ2) is 5.16. The van der Waals surface area contributed by atoms with Gasteiger partial charge in [0.05, 0.1) is 6.54 Å². The Bertz CT molecular complexity index is 398. The van der Waals surface area contributed by atoms with E-state index in [1.54, 1.807) is 19.2 Å². The Morgan fingerprint density at radius 3 is 2.69 bits per heavy atom. The maximum atomic E-state index is 11.8. The molecule has 16 heavy (non-hydrogen) atoms. The Morgan fingerprint density at radius 2 is 2.12 bits per heavy atom. The molecule has 0 amide bonds. The lowest BCUT2D eigenvalue weighted by molar-refractivity contribution is -0.124. The van der Waals surface area contributed by atoms with Gasteiger partial charge in [-0.15, -0.1) is 0 Å².